The third-order valence-electron chi connectivity index (χ3n) is 6.23. The molecule has 2 N–H and O–H groups in total. The minimum absolute atomic E-state index is 0.108. The van der Waals surface area contributed by atoms with Gasteiger partial charge in [0.05, 0.1) is 12.8 Å². The Hall–Kier alpha value is -3.94. The van der Waals surface area contributed by atoms with Gasteiger partial charge in [-0.15, -0.1) is 0 Å². The van der Waals surface area contributed by atoms with Crippen molar-refractivity contribution < 1.29 is 18.8 Å². The Morgan fingerprint density at radius 1 is 1.00 bits per heavy atom. The van der Waals surface area contributed by atoms with Gasteiger partial charge in [0.25, 0.3) is 5.91 Å². The number of pyridine rings is 1. The summed E-state index contributed by atoms with van der Waals surface area (Å²) < 4.78 is 5.11. The number of furan rings is 1. The first-order chi connectivity index (χ1) is 17.1. The van der Waals surface area contributed by atoms with E-state index in [9.17, 15) is 14.4 Å². The van der Waals surface area contributed by atoms with Crippen LogP contribution in [0.3, 0.4) is 0 Å². The second-order valence-electron chi connectivity index (χ2n) is 8.66. The van der Waals surface area contributed by atoms with Crippen LogP contribution in [-0.4, -0.2) is 46.7 Å². The van der Waals surface area contributed by atoms with Gasteiger partial charge >= 0.3 is 0 Å². The molecule has 1 aliphatic carbocycles. The molecule has 0 bridgehead atoms. The first kappa shape index (κ1) is 24.2. The van der Waals surface area contributed by atoms with E-state index in [1.54, 1.807) is 35.5 Å². The van der Waals surface area contributed by atoms with Crippen LogP contribution >= 0.6 is 0 Å². The number of hydrogen-bond donors (Lipinski definition) is 2. The van der Waals surface area contributed by atoms with E-state index in [4.69, 9.17) is 4.42 Å². The number of benzene rings is 1. The van der Waals surface area contributed by atoms with Crippen LogP contribution in [0.2, 0.25) is 0 Å². The molecule has 1 aromatic carbocycles. The first-order valence-electron chi connectivity index (χ1n) is 12.0. The minimum atomic E-state index is -0.838. The van der Waals surface area contributed by atoms with Crippen LogP contribution in [0, 0.1) is 0 Å². The maximum Gasteiger partial charge on any atom is 0.287 e. The van der Waals surface area contributed by atoms with Crippen molar-refractivity contribution in [1.29, 1.82) is 0 Å². The third-order valence-corrected chi connectivity index (χ3v) is 6.23. The molecular weight excluding hydrogens is 444 g/mol. The van der Waals surface area contributed by atoms with Crippen LogP contribution in [0.4, 0.5) is 0 Å². The Balaban J connectivity index is 1.57. The molecule has 2 heterocycles. The Bertz CT molecular complexity index is 1100. The minimum Gasteiger partial charge on any atom is -0.459 e. The number of nitrogens with zero attached hydrogens (tertiary/aromatic N) is 2. The molecule has 182 valence electrons. The molecule has 8 heteroatoms. The molecule has 35 heavy (non-hydrogen) atoms. The van der Waals surface area contributed by atoms with E-state index in [-0.39, 0.29) is 30.2 Å². The maximum atomic E-state index is 13.6. The van der Waals surface area contributed by atoms with Gasteiger partial charge in [-0.3, -0.25) is 19.4 Å². The molecule has 1 saturated carbocycles. The van der Waals surface area contributed by atoms with Gasteiger partial charge in [-0.1, -0.05) is 43.2 Å². The van der Waals surface area contributed by atoms with Crippen LogP contribution in [0.1, 0.15) is 53.4 Å². The topological polar surface area (TPSA) is 105 Å². The highest BCUT2D eigenvalue weighted by molar-refractivity contribution is 5.95. The normalized spacial score (nSPS) is 14.3. The van der Waals surface area contributed by atoms with Crippen LogP contribution in [0.5, 0.6) is 0 Å². The van der Waals surface area contributed by atoms with Crippen molar-refractivity contribution in [1.82, 2.24) is 20.5 Å². The molecule has 0 aliphatic heterocycles. The Labute approximate surface area is 204 Å². The number of carbonyl (C=O) groups excluding carboxylic acids is 3. The average Bonchev–Trinajstić information content (AvgIpc) is 3.61. The first-order valence-corrected chi connectivity index (χ1v) is 12.0. The van der Waals surface area contributed by atoms with Crippen LogP contribution in [0.25, 0.3) is 0 Å². The smallest absolute Gasteiger partial charge is 0.287 e. The Morgan fingerprint density at radius 2 is 1.74 bits per heavy atom. The fraction of sp³-hybridized carbons (Fsp3) is 0.333. The second kappa shape index (κ2) is 12.0. The summed E-state index contributed by atoms with van der Waals surface area (Å²) in [5.41, 5.74) is 1.73. The largest absolute Gasteiger partial charge is 0.459 e. The van der Waals surface area contributed by atoms with Crippen molar-refractivity contribution in [3.63, 3.8) is 0 Å². The van der Waals surface area contributed by atoms with E-state index in [1.807, 2.05) is 30.3 Å². The molecule has 2 aromatic heterocycles. The van der Waals surface area contributed by atoms with Gasteiger partial charge in [0.1, 0.15) is 6.04 Å². The molecule has 0 saturated heterocycles. The fourth-order valence-electron chi connectivity index (χ4n) is 4.41. The van der Waals surface area contributed by atoms with Crippen LogP contribution < -0.4 is 10.6 Å². The van der Waals surface area contributed by atoms with Gasteiger partial charge in [0.2, 0.25) is 11.8 Å². The molecule has 3 aromatic rings. The van der Waals surface area contributed by atoms with E-state index < -0.39 is 11.9 Å². The molecule has 1 fully saturated rings. The zero-order valence-electron chi connectivity index (χ0n) is 19.6. The van der Waals surface area contributed by atoms with Crippen molar-refractivity contribution in [2.24, 2.45) is 0 Å². The fourth-order valence-corrected chi connectivity index (χ4v) is 4.41. The number of rotatable bonds is 10. The summed E-state index contributed by atoms with van der Waals surface area (Å²) in [5.74, 6) is -0.938. The monoisotopic (exact) mass is 474 g/mol. The molecule has 0 spiro atoms. The maximum absolute atomic E-state index is 13.6. The van der Waals surface area contributed by atoms with Gasteiger partial charge in [-0.2, -0.15) is 0 Å². The second-order valence-corrected chi connectivity index (χ2v) is 8.66. The lowest BCUT2D eigenvalue weighted by molar-refractivity contribution is -0.140. The number of hydrogen-bond acceptors (Lipinski definition) is 5. The van der Waals surface area contributed by atoms with Crippen LogP contribution in [0.15, 0.2) is 77.7 Å². The highest BCUT2D eigenvalue weighted by Crippen LogP contribution is 2.24. The lowest BCUT2D eigenvalue weighted by Gasteiger charge is -2.32. The molecule has 1 unspecified atom stereocenters. The SMILES string of the molecule is O=C(NCC(=O)N(CCc1ccccc1)C(C(=O)NC1CCCC1)c1ccncc1)c1ccco1. The van der Waals surface area contributed by atoms with Crippen LogP contribution in [-0.2, 0) is 16.0 Å². The molecule has 1 atom stereocenters. The summed E-state index contributed by atoms with van der Waals surface area (Å²) in [6, 6.07) is 15.7. The van der Waals surface area contributed by atoms with Gasteiger partial charge in [0, 0.05) is 25.0 Å². The van der Waals surface area contributed by atoms with E-state index in [0.29, 0.717) is 18.5 Å². The van der Waals surface area contributed by atoms with Gasteiger partial charge in [0.15, 0.2) is 5.76 Å². The summed E-state index contributed by atoms with van der Waals surface area (Å²) in [5, 5.41) is 5.76. The third kappa shape index (κ3) is 6.56. The summed E-state index contributed by atoms with van der Waals surface area (Å²) in [6.45, 7) is 0.0527. The van der Waals surface area contributed by atoms with E-state index in [1.165, 1.54) is 12.3 Å². The molecule has 8 nitrogen and oxygen atoms in total. The van der Waals surface area contributed by atoms with Crippen molar-refractivity contribution in [3.8, 4) is 0 Å². The predicted octanol–water partition coefficient (Wildman–Crippen LogP) is 3.28. The molecule has 3 amide bonds. The number of amides is 3. The number of carbonyl (C=O) groups is 3. The highest BCUT2D eigenvalue weighted by Gasteiger charge is 2.33. The van der Waals surface area contributed by atoms with Gasteiger partial charge in [-0.05, 0) is 54.7 Å². The molecule has 0 radical (unpaired) electrons. The van der Waals surface area contributed by atoms with E-state index in [2.05, 4.69) is 15.6 Å². The highest BCUT2D eigenvalue weighted by atomic mass is 16.3. The summed E-state index contributed by atoms with van der Waals surface area (Å²) >= 11 is 0. The van der Waals surface area contributed by atoms with Crippen molar-refractivity contribution in [2.75, 3.05) is 13.1 Å². The van der Waals surface area contributed by atoms with E-state index >= 15 is 0 Å². The number of aromatic nitrogens is 1. The summed E-state index contributed by atoms with van der Waals surface area (Å²) in [7, 11) is 0. The predicted molar refractivity (Wildman–Crippen MR) is 130 cm³/mol. The lowest BCUT2D eigenvalue weighted by atomic mass is 10.0. The zero-order chi connectivity index (χ0) is 24.5. The molecule has 4 rings (SSSR count). The number of nitrogens with one attached hydrogen (secondary N) is 2. The van der Waals surface area contributed by atoms with Crippen molar-refractivity contribution >= 4 is 17.7 Å². The summed E-state index contributed by atoms with van der Waals surface area (Å²) in [4.78, 5) is 45.0. The average molecular weight is 475 g/mol. The van der Waals surface area contributed by atoms with E-state index in [0.717, 1.165) is 31.2 Å². The van der Waals surface area contributed by atoms with Gasteiger partial charge in [-0.25, -0.2) is 0 Å². The quantitative estimate of drug-likeness (QED) is 0.469. The van der Waals surface area contributed by atoms with Gasteiger partial charge < -0.3 is 20.0 Å². The molecular formula is C27H30N4O4. The Morgan fingerprint density at radius 3 is 2.43 bits per heavy atom. The zero-order valence-corrected chi connectivity index (χ0v) is 19.6. The van der Waals surface area contributed by atoms with Crippen molar-refractivity contribution in [2.45, 2.75) is 44.2 Å². The lowest BCUT2D eigenvalue weighted by Crippen LogP contribution is -2.49. The Kier molecular flexibility index (Phi) is 8.27. The van der Waals surface area contributed by atoms with Crippen molar-refractivity contribution in [3.05, 3.63) is 90.1 Å². The molecule has 1 aliphatic rings. The summed E-state index contributed by atoms with van der Waals surface area (Å²) in [6.07, 6.45) is 9.23. The standard InChI is InChI=1S/C27H30N4O4/c32-24(19-29-26(33)23-11-6-18-35-23)31(17-14-20-7-2-1-3-8-20)25(21-12-15-28-16-13-21)27(34)30-22-9-4-5-10-22/h1-3,6-8,11-13,15-16,18,22,25H,4-5,9-10,14,17,19H2,(H,29,33)(H,30,34).